The molecule has 1 fully saturated rings. The Balaban J connectivity index is 2.14. The van der Waals surface area contributed by atoms with Gasteiger partial charge in [0.2, 0.25) is 0 Å². The summed E-state index contributed by atoms with van der Waals surface area (Å²) >= 11 is 0. The highest BCUT2D eigenvalue weighted by Crippen LogP contribution is 2.20. The van der Waals surface area contributed by atoms with Crippen LogP contribution in [0.1, 0.15) is 35.8 Å². The quantitative estimate of drug-likeness (QED) is 0.771. The Hall–Kier alpha value is -2.42. The summed E-state index contributed by atoms with van der Waals surface area (Å²) in [6.45, 7) is 2.55. The van der Waals surface area contributed by atoms with Crippen molar-refractivity contribution < 1.29 is 14.3 Å². The number of likely N-dealkylation sites (tertiary alicyclic amines) is 1. The van der Waals surface area contributed by atoms with Crippen LogP contribution in [0, 0.1) is 11.3 Å². The Morgan fingerprint density at radius 2 is 2.35 bits per heavy atom. The molecule has 1 aliphatic heterocycles. The van der Waals surface area contributed by atoms with Crippen LogP contribution >= 0.6 is 0 Å². The fourth-order valence-electron chi connectivity index (χ4n) is 2.23. The van der Waals surface area contributed by atoms with E-state index >= 15 is 0 Å². The van der Waals surface area contributed by atoms with E-state index < -0.39 is 6.04 Å². The van der Waals surface area contributed by atoms with Crippen LogP contribution in [0.2, 0.25) is 0 Å². The van der Waals surface area contributed by atoms with Gasteiger partial charge in [0.25, 0.3) is 5.91 Å². The molecule has 0 spiro atoms. The maximum atomic E-state index is 12.3. The topological polar surface area (TPSA) is 83.3 Å². The Kier molecular flexibility index (Phi) is 4.31. The number of nitrogens with zero attached hydrogens (tertiary/aromatic N) is 3. The second-order valence-electron chi connectivity index (χ2n) is 4.45. The van der Waals surface area contributed by atoms with E-state index in [2.05, 4.69) is 4.98 Å². The number of amides is 1. The average Bonchev–Trinajstić information content (AvgIpc) is 2.96. The molecule has 6 heteroatoms. The fraction of sp³-hybridized carbons (Fsp3) is 0.429. The Morgan fingerprint density at radius 3 is 2.95 bits per heavy atom. The van der Waals surface area contributed by atoms with Gasteiger partial charge in [-0.3, -0.25) is 4.79 Å². The molecule has 1 amide bonds. The van der Waals surface area contributed by atoms with Gasteiger partial charge in [-0.2, -0.15) is 5.26 Å². The number of carbonyl (C=O) groups excluding carboxylic acids is 2. The molecule has 0 bridgehead atoms. The highest BCUT2D eigenvalue weighted by molar-refractivity contribution is 5.95. The lowest BCUT2D eigenvalue weighted by Crippen LogP contribution is -2.41. The van der Waals surface area contributed by atoms with Crippen molar-refractivity contribution in [2.45, 2.75) is 25.8 Å². The predicted molar refractivity (Wildman–Crippen MR) is 69.6 cm³/mol. The van der Waals surface area contributed by atoms with Crippen LogP contribution in [-0.4, -0.2) is 41.0 Å². The molecule has 1 unspecified atom stereocenters. The molecule has 104 valence electrons. The van der Waals surface area contributed by atoms with Crippen molar-refractivity contribution in [3.05, 3.63) is 29.6 Å². The van der Waals surface area contributed by atoms with Crippen molar-refractivity contribution in [3.8, 4) is 6.07 Å². The first-order valence-electron chi connectivity index (χ1n) is 6.51. The number of hydrogen-bond acceptors (Lipinski definition) is 5. The molecule has 0 aromatic carbocycles. The molecule has 0 aliphatic carbocycles. The van der Waals surface area contributed by atoms with Crippen molar-refractivity contribution in [1.29, 1.82) is 5.26 Å². The number of esters is 1. The number of rotatable bonds is 3. The standard InChI is InChI=1S/C14H15N3O3/c1-2-20-14(19)12-4-3-7-17(12)13(18)11-6-5-10(8-15)9-16-11/h5-6,9,12H,2-4,7H2,1H3. The third-order valence-electron chi connectivity index (χ3n) is 3.18. The largest absolute Gasteiger partial charge is 0.464 e. The number of aromatic nitrogens is 1. The summed E-state index contributed by atoms with van der Waals surface area (Å²) in [5, 5.41) is 8.71. The normalized spacial score (nSPS) is 17.6. The lowest BCUT2D eigenvalue weighted by Gasteiger charge is -2.22. The molecule has 1 saturated heterocycles. The van der Waals surface area contributed by atoms with Gasteiger partial charge in [0.1, 0.15) is 17.8 Å². The minimum atomic E-state index is -0.528. The molecule has 2 rings (SSSR count). The van der Waals surface area contributed by atoms with E-state index in [1.54, 1.807) is 6.92 Å². The minimum absolute atomic E-state index is 0.236. The van der Waals surface area contributed by atoms with E-state index in [9.17, 15) is 9.59 Å². The van der Waals surface area contributed by atoms with Crippen LogP contribution in [-0.2, 0) is 9.53 Å². The van der Waals surface area contributed by atoms with E-state index in [1.165, 1.54) is 23.2 Å². The van der Waals surface area contributed by atoms with Crippen LogP contribution in [0.4, 0.5) is 0 Å². The maximum Gasteiger partial charge on any atom is 0.328 e. The summed E-state index contributed by atoms with van der Waals surface area (Å²) in [5.41, 5.74) is 0.630. The molecule has 0 saturated carbocycles. The number of nitriles is 1. The Morgan fingerprint density at radius 1 is 1.55 bits per heavy atom. The summed E-state index contributed by atoms with van der Waals surface area (Å²) in [6.07, 6.45) is 2.73. The highest BCUT2D eigenvalue weighted by atomic mass is 16.5. The van der Waals surface area contributed by atoms with Gasteiger partial charge in [-0.05, 0) is 31.9 Å². The highest BCUT2D eigenvalue weighted by Gasteiger charge is 2.35. The predicted octanol–water partition coefficient (Wildman–Crippen LogP) is 1.12. The average molecular weight is 273 g/mol. The molecule has 0 N–H and O–H groups in total. The summed E-state index contributed by atoms with van der Waals surface area (Å²) in [7, 11) is 0. The molecule has 1 atom stereocenters. The third-order valence-corrected chi connectivity index (χ3v) is 3.18. The molecular formula is C14H15N3O3. The lowest BCUT2D eigenvalue weighted by molar-refractivity contribution is -0.147. The molecule has 2 heterocycles. The van der Waals surface area contributed by atoms with Gasteiger partial charge >= 0.3 is 5.97 Å². The van der Waals surface area contributed by atoms with Crippen molar-refractivity contribution in [3.63, 3.8) is 0 Å². The van der Waals surface area contributed by atoms with Gasteiger partial charge in [-0.25, -0.2) is 9.78 Å². The maximum absolute atomic E-state index is 12.3. The smallest absolute Gasteiger partial charge is 0.328 e. The molecule has 1 aliphatic rings. The molecule has 0 radical (unpaired) electrons. The number of pyridine rings is 1. The molecular weight excluding hydrogens is 258 g/mol. The van der Waals surface area contributed by atoms with Crippen LogP contribution < -0.4 is 0 Å². The van der Waals surface area contributed by atoms with Crippen LogP contribution in [0.3, 0.4) is 0 Å². The first kappa shape index (κ1) is 14.0. The summed E-state index contributed by atoms with van der Waals surface area (Å²) in [6, 6.07) is 4.46. The van der Waals surface area contributed by atoms with Gasteiger partial charge in [0.05, 0.1) is 12.2 Å². The van der Waals surface area contributed by atoms with E-state index in [-0.39, 0.29) is 17.6 Å². The third kappa shape index (κ3) is 2.77. The molecule has 6 nitrogen and oxygen atoms in total. The zero-order valence-corrected chi connectivity index (χ0v) is 11.2. The van der Waals surface area contributed by atoms with Gasteiger partial charge < -0.3 is 9.64 Å². The van der Waals surface area contributed by atoms with Crippen LogP contribution in [0.5, 0.6) is 0 Å². The monoisotopic (exact) mass is 273 g/mol. The summed E-state index contributed by atoms with van der Waals surface area (Å²) in [4.78, 5) is 29.6. The van der Waals surface area contributed by atoms with Gasteiger partial charge in [0, 0.05) is 12.7 Å². The second-order valence-corrected chi connectivity index (χ2v) is 4.45. The molecule has 1 aromatic rings. The second kappa shape index (κ2) is 6.15. The first-order chi connectivity index (χ1) is 9.67. The van der Waals surface area contributed by atoms with Gasteiger partial charge in [-0.15, -0.1) is 0 Å². The zero-order valence-electron chi connectivity index (χ0n) is 11.2. The van der Waals surface area contributed by atoms with E-state index in [0.29, 0.717) is 25.1 Å². The first-order valence-corrected chi connectivity index (χ1v) is 6.51. The SMILES string of the molecule is CCOC(=O)C1CCCN1C(=O)c1ccc(C#N)cn1. The molecule has 20 heavy (non-hydrogen) atoms. The van der Waals surface area contributed by atoms with Gasteiger partial charge in [0.15, 0.2) is 0 Å². The fourth-order valence-corrected chi connectivity index (χ4v) is 2.23. The van der Waals surface area contributed by atoms with Gasteiger partial charge in [-0.1, -0.05) is 0 Å². The van der Waals surface area contributed by atoms with E-state index in [4.69, 9.17) is 10.00 Å². The number of hydrogen-bond donors (Lipinski definition) is 0. The van der Waals surface area contributed by atoms with Crippen molar-refractivity contribution in [2.75, 3.05) is 13.2 Å². The Labute approximate surface area is 117 Å². The lowest BCUT2D eigenvalue weighted by atomic mass is 10.2. The van der Waals surface area contributed by atoms with E-state index in [0.717, 1.165) is 6.42 Å². The minimum Gasteiger partial charge on any atom is -0.464 e. The number of ether oxygens (including phenoxy) is 1. The van der Waals surface area contributed by atoms with Crippen molar-refractivity contribution >= 4 is 11.9 Å². The van der Waals surface area contributed by atoms with Crippen molar-refractivity contribution in [2.24, 2.45) is 0 Å². The van der Waals surface area contributed by atoms with E-state index in [1.807, 2.05) is 6.07 Å². The summed E-state index contributed by atoms with van der Waals surface area (Å²) < 4.78 is 4.98. The zero-order chi connectivity index (χ0) is 14.5. The summed E-state index contributed by atoms with van der Waals surface area (Å²) in [5.74, 6) is -0.669. The van der Waals surface area contributed by atoms with Crippen molar-refractivity contribution in [1.82, 2.24) is 9.88 Å². The van der Waals surface area contributed by atoms with Crippen LogP contribution in [0.15, 0.2) is 18.3 Å². The Bertz CT molecular complexity index is 548. The molecule has 1 aromatic heterocycles. The number of carbonyl (C=O) groups is 2. The van der Waals surface area contributed by atoms with Crippen LogP contribution in [0.25, 0.3) is 0 Å².